The largest absolute Gasteiger partial charge is 0.493 e. The summed E-state index contributed by atoms with van der Waals surface area (Å²) in [5.74, 6) is -4.99. The number of fused-ring (bicyclic) bond motifs is 1. The molecule has 1 aromatic heterocycles. The molecular formula is C34H33BrO17. The van der Waals surface area contributed by atoms with Gasteiger partial charge in [0.2, 0.25) is 17.8 Å². The third kappa shape index (κ3) is 9.43. The molecule has 4 rings (SSSR count). The summed E-state index contributed by atoms with van der Waals surface area (Å²) in [5, 5.41) is -0.187. The van der Waals surface area contributed by atoms with Gasteiger partial charge < -0.3 is 47.0 Å². The molecule has 0 spiro atoms. The predicted molar refractivity (Wildman–Crippen MR) is 177 cm³/mol. The first-order valence-corrected chi connectivity index (χ1v) is 16.1. The van der Waals surface area contributed by atoms with E-state index in [-0.39, 0.29) is 49.8 Å². The summed E-state index contributed by atoms with van der Waals surface area (Å²) in [6.07, 6.45) is -7.58. The van der Waals surface area contributed by atoms with Crippen LogP contribution in [0.25, 0.3) is 22.3 Å². The van der Waals surface area contributed by atoms with E-state index in [1.807, 2.05) is 0 Å². The van der Waals surface area contributed by atoms with Crippen LogP contribution >= 0.6 is 15.9 Å². The SMILES string of the molecule is COc1ccc(-c2oc3cc(OC4O[C@H](COC(C)=O)[C@@H](OC(C)=O)[C@H](OC(C)=O)[C@H]4OC(C)=O)cc(OC(C)=O)c3c(=O)c2Br)cc1OC(C)=O. The van der Waals surface area contributed by atoms with Crippen LogP contribution in [0.4, 0.5) is 0 Å². The first-order chi connectivity index (χ1) is 24.5. The summed E-state index contributed by atoms with van der Waals surface area (Å²) in [4.78, 5) is 86.0. The van der Waals surface area contributed by atoms with Gasteiger partial charge >= 0.3 is 35.8 Å². The molecule has 52 heavy (non-hydrogen) atoms. The predicted octanol–water partition coefficient (Wildman–Crippen LogP) is 3.54. The van der Waals surface area contributed by atoms with E-state index in [2.05, 4.69) is 15.9 Å². The Morgan fingerprint density at radius 2 is 1.31 bits per heavy atom. The van der Waals surface area contributed by atoms with Crippen LogP contribution in [0.2, 0.25) is 0 Å². The second-order valence-corrected chi connectivity index (χ2v) is 11.9. The maximum absolute atomic E-state index is 13.8. The molecule has 1 unspecified atom stereocenters. The van der Waals surface area contributed by atoms with Crippen molar-refractivity contribution < 1.29 is 75.8 Å². The van der Waals surface area contributed by atoms with Crippen LogP contribution in [0, 0.1) is 0 Å². The number of methoxy groups -OCH3 is 1. The number of carbonyl (C=O) groups excluding carboxylic acids is 6. The molecule has 1 fully saturated rings. The van der Waals surface area contributed by atoms with E-state index in [1.165, 1.54) is 38.3 Å². The minimum Gasteiger partial charge on any atom is -0.493 e. The summed E-state index contributed by atoms with van der Waals surface area (Å²) >= 11 is 3.26. The zero-order chi connectivity index (χ0) is 38.4. The molecule has 1 saturated heterocycles. The molecule has 0 N–H and O–H groups in total. The molecule has 17 nitrogen and oxygen atoms in total. The monoisotopic (exact) mass is 792 g/mol. The Bertz CT molecular complexity index is 1970. The number of esters is 6. The molecule has 1 aliphatic heterocycles. The minimum atomic E-state index is -1.67. The molecule has 0 amide bonds. The van der Waals surface area contributed by atoms with Crippen molar-refractivity contribution in [1.82, 2.24) is 0 Å². The van der Waals surface area contributed by atoms with Crippen molar-refractivity contribution in [1.29, 1.82) is 0 Å². The number of carbonyl (C=O) groups is 6. The summed E-state index contributed by atoms with van der Waals surface area (Å²) in [5.41, 5.74) is -0.577. The smallest absolute Gasteiger partial charge is 0.308 e. The van der Waals surface area contributed by atoms with Gasteiger partial charge in [-0.15, -0.1) is 0 Å². The average Bonchev–Trinajstić information content (AvgIpc) is 3.03. The molecule has 2 aromatic carbocycles. The normalized spacial score (nSPS) is 19.5. The fourth-order valence-corrected chi connectivity index (χ4v) is 5.71. The van der Waals surface area contributed by atoms with Crippen molar-refractivity contribution >= 4 is 62.7 Å². The van der Waals surface area contributed by atoms with Crippen LogP contribution < -0.4 is 24.4 Å². The van der Waals surface area contributed by atoms with E-state index >= 15 is 0 Å². The standard InChI is InChI=1S/C34H33BrO17/c1-14(36)44-13-26-31(47-17(4)39)32(48-18(5)40)33(49-19(6)41)34(52-26)50-21-11-24(46-16(3)38)27-25(12-21)51-30(28(35)29(27)42)20-8-9-22(43-7)23(10-20)45-15(2)37/h8-12,26,31-34H,13H2,1-7H3/t26-,31-,32+,33-,34?/m1/s1. The zero-order valence-electron chi connectivity index (χ0n) is 28.8. The highest BCUT2D eigenvalue weighted by molar-refractivity contribution is 9.10. The van der Waals surface area contributed by atoms with Crippen LogP contribution in [0.1, 0.15) is 41.5 Å². The molecule has 0 aliphatic carbocycles. The Balaban J connectivity index is 1.90. The van der Waals surface area contributed by atoms with Crippen molar-refractivity contribution in [3.63, 3.8) is 0 Å². The minimum absolute atomic E-state index is 0.0310. The van der Waals surface area contributed by atoms with Gasteiger partial charge in [0.05, 0.1) is 7.11 Å². The molecule has 2 heterocycles. The van der Waals surface area contributed by atoms with Crippen LogP contribution in [0.15, 0.2) is 44.0 Å². The second kappa shape index (κ2) is 16.7. The molecule has 3 aromatic rings. The lowest BCUT2D eigenvalue weighted by Crippen LogP contribution is -2.63. The van der Waals surface area contributed by atoms with Crippen LogP contribution in [-0.4, -0.2) is 80.2 Å². The topological polar surface area (TPSA) is 216 Å². The van der Waals surface area contributed by atoms with E-state index < -0.39 is 78.6 Å². The molecule has 18 heteroatoms. The Hall–Kier alpha value is -5.49. The van der Waals surface area contributed by atoms with E-state index in [4.69, 9.17) is 47.0 Å². The summed E-state index contributed by atoms with van der Waals surface area (Å²) < 4.78 is 55.4. The summed E-state index contributed by atoms with van der Waals surface area (Å²) in [7, 11) is 1.37. The van der Waals surface area contributed by atoms with Crippen molar-refractivity contribution in [3.05, 3.63) is 45.0 Å². The Labute approximate surface area is 303 Å². The van der Waals surface area contributed by atoms with Crippen LogP contribution in [0.3, 0.4) is 0 Å². The highest BCUT2D eigenvalue weighted by Gasteiger charge is 2.53. The fraction of sp³-hybridized carbons (Fsp3) is 0.382. The molecule has 0 radical (unpaired) electrons. The summed E-state index contributed by atoms with van der Waals surface area (Å²) in [6.45, 7) is 6.09. The number of rotatable bonds is 11. The number of hydrogen-bond acceptors (Lipinski definition) is 17. The van der Waals surface area contributed by atoms with E-state index in [1.54, 1.807) is 0 Å². The lowest BCUT2D eigenvalue weighted by Gasteiger charge is -2.43. The maximum Gasteiger partial charge on any atom is 0.308 e. The third-order valence-corrected chi connectivity index (χ3v) is 7.73. The maximum atomic E-state index is 13.8. The van der Waals surface area contributed by atoms with Gasteiger partial charge in [-0.1, -0.05) is 0 Å². The highest BCUT2D eigenvalue weighted by Crippen LogP contribution is 2.40. The first kappa shape index (κ1) is 39.3. The first-order valence-electron chi connectivity index (χ1n) is 15.3. The van der Waals surface area contributed by atoms with E-state index in [0.717, 1.165) is 40.7 Å². The molecule has 5 atom stereocenters. The van der Waals surface area contributed by atoms with Gasteiger partial charge in [-0.3, -0.25) is 33.6 Å². The van der Waals surface area contributed by atoms with Gasteiger partial charge in [0.1, 0.15) is 39.7 Å². The zero-order valence-corrected chi connectivity index (χ0v) is 30.4. The number of hydrogen-bond donors (Lipinski definition) is 0. The van der Waals surface area contributed by atoms with Crippen molar-refractivity contribution in [2.75, 3.05) is 13.7 Å². The number of ether oxygens (including phenoxy) is 9. The van der Waals surface area contributed by atoms with Gasteiger partial charge in [-0.2, -0.15) is 0 Å². The van der Waals surface area contributed by atoms with E-state index in [9.17, 15) is 33.6 Å². The van der Waals surface area contributed by atoms with Crippen LogP contribution in [0.5, 0.6) is 23.0 Å². The second-order valence-electron chi connectivity index (χ2n) is 11.1. The molecule has 0 bridgehead atoms. The molecule has 0 saturated carbocycles. The third-order valence-electron chi connectivity index (χ3n) is 7.01. The number of halogens is 1. The van der Waals surface area contributed by atoms with Crippen molar-refractivity contribution in [2.45, 2.75) is 72.2 Å². The van der Waals surface area contributed by atoms with Gasteiger partial charge in [-0.25, -0.2) is 0 Å². The lowest BCUT2D eigenvalue weighted by atomic mass is 9.98. The van der Waals surface area contributed by atoms with Gasteiger partial charge in [-0.05, 0) is 34.1 Å². The average molecular weight is 794 g/mol. The Morgan fingerprint density at radius 1 is 0.712 bits per heavy atom. The van der Waals surface area contributed by atoms with Crippen LogP contribution in [-0.2, 0) is 52.5 Å². The fourth-order valence-electron chi connectivity index (χ4n) is 5.20. The van der Waals surface area contributed by atoms with Gasteiger partial charge in [0, 0.05) is 59.2 Å². The van der Waals surface area contributed by atoms with Crippen molar-refractivity contribution in [3.8, 4) is 34.3 Å². The molecular weight excluding hydrogens is 760 g/mol. The molecule has 1 aliphatic rings. The molecule has 278 valence electrons. The van der Waals surface area contributed by atoms with Gasteiger partial charge in [0.15, 0.2) is 29.5 Å². The van der Waals surface area contributed by atoms with E-state index in [0.29, 0.717) is 0 Å². The quantitative estimate of drug-likeness (QED) is 0.154. The van der Waals surface area contributed by atoms with Gasteiger partial charge in [0.25, 0.3) is 0 Å². The highest BCUT2D eigenvalue weighted by atomic mass is 79.9. The summed E-state index contributed by atoms with van der Waals surface area (Å²) in [6, 6.07) is 6.82. The Morgan fingerprint density at radius 3 is 1.88 bits per heavy atom. The lowest BCUT2D eigenvalue weighted by molar-refractivity contribution is -0.288. The Kier molecular flexibility index (Phi) is 12.6. The number of benzene rings is 2. The van der Waals surface area contributed by atoms with Crippen molar-refractivity contribution in [2.24, 2.45) is 0 Å².